The van der Waals surface area contributed by atoms with Crippen LogP contribution in [0, 0.1) is 0 Å². The van der Waals surface area contributed by atoms with Crippen LogP contribution in [0.1, 0.15) is 55.3 Å². The maximum Gasteiger partial charge on any atom is 0.262 e. The lowest BCUT2D eigenvalue weighted by atomic mass is 10.1. The topological polar surface area (TPSA) is 79.4 Å². The molecule has 1 aliphatic heterocycles. The van der Waals surface area contributed by atoms with Crippen molar-refractivity contribution in [2.75, 3.05) is 0 Å². The van der Waals surface area contributed by atoms with Crippen molar-refractivity contribution in [3.63, 3.8) is 0 Å². The van der Waals surface area contributed by atoms with E-state index in [1.165, 1.54) is 11.0 Å². The molecule has 1 atom stereocenters. The predicted octanol–water partition coefficient (Wildman–Crippen LogP) is 3.37. The number of nitrogens with zero attached hydrogens (tertiary/aromatic N) is 2. The lowest BCUT2D eigenvalue weighted by molar-refractivity contribution is 0.0595. The third kappa shape index (κ3) is 3.52. The number of nitrogens with one attached hydrogen (secondary N) is 1. The van der Waals surface area contributed by atoms with Gasteiger partial charge in [0.25, 0.3) is 17.7 Å². The second-order valence-electron chi connectivity index (χ2n) is 6.83. The van der Waals surface area contributed by atoms with Gasteiger partial charge in [-0.05, 0) is 42.8 Å². The van der Waals surface area contributed by atoms with Gasteiger partial charge in [-0.3, -0.25) is 24.3 Å². The molecule has 1 aromatic heterocycles. The van der Waals surface area contributed by atoms with Crippen LogP contribution in [0.4, 0.5) is 0 Å². The van der Waals surface area contributed by atoms with E-state index in [0.717, 1.165) is 11.3 Å². The highest BCUT2D eigenvalue weighted by Crippen LogP contribution is 2.31. The van der Waals surface area contributed by atoms with E-state index in [9.17, 15) is 14.4 Å². The minimum absolute atomic E-state index is 0.253. The van der Waals surface area contributed by atoms with Gasteiger partial charge in [-0.25, -0.2) is 0 Å². The Balaban J connectivity index is 1.54. The maximum atomic E-state index is 12.9. The Morgan fingerprint density at radius 3 is 2.41 bits per heavy atom. The summed E-state index contributed by atoms with van der Waals surface area (Å²) in [5.41, 5.74) is 2.50. The van der Waals surface area contributed by atoms with Crippen LogP contribution in [-0.4, -0.2) is 27.6 Å². The second kappa shape index (κ2) is 7.67. The minimum Gasteiger partial charge on any atom is -0.346 e. The molecule has 0 radical (unpaired) electrons. The van der Waals surface area contributed by atoms with Gasteiger partial charge in [0.2, 0.25) is 0 Å². The van der Waals surface area contributed by atoms with Crippen molar-refractivity contribution >= 4 is 17.7 Å². The molecule has 0 saturated carbocycles. The molecule has 144 valence electrons. The van der Waals surface area contributed by atoms with Crippen LogP contribution in [0.2, 0.25) is 0 Å². The van der Waals surface area contributed by atoms with Crippen LogP contribution in [0.3, 0.4) is 0 Å². The highest BCUT2D eigenvalue weighted by Gasteiger charge is 2.39. The molecule has 0 aliphatic carbocycles. The van der Waals surface area contributed by atoms with Gasteiger partial charge in [0.05, 0.1) is 29.4 Å². The number of carbonyl (C=O) groups is 3. The summed E-state index contributed by atoms with van der Waals surface area (Å²) in [7, 11) is 0. The average molecular weight is 385 g/mol. The number of fused-ring (bicyclic) bond motifs is 1. The first-order valence-corrected chi connectivity index (χ1v) is 9.31. The first kappa shape index (κ1) is 18.6. The molecule has 0 spiro atoms. The highest BCUT2D eigenvalue weighted by molar-refractivity contribution is 6.22. The number of carbonyl (C=O) groups excluding carboxylic acids is 3. The van der Waals surface area contributed by atoms with E-state index >= 15 is 0 Å². The zero-order valence-corrected chi connectivity index (χ0v) is 15.8. The predicted molar refractivity (Wildman–Crippen MR) is 107 cm³/mol. The van der Waals surface area contributed by atoms with Gasteiger partial charge < -0.3 is 5.32 Å². The Bertz CT molecular complexity index is 1080. The summed E-state index contributed by atoms with van der Waals surface area (Å²) in [6.07, 6.45) is 1.66. The molecule has 0 fully saturated rings. The Kier molecular flexibility index (Phi) is 4.91. The van der Waals surface area contributed by atoms with Crippen LogP contribution in [0.15, 0.2) is 72.9 Å². The molecule has 0 saturated heterocycles. The number of pyridine rings is 1. The molecule has 3 aromatic rings. The van der Waals surface area contributed by atoms with E-state index in [2.05, 4.69) is 10.3 Å². The molecule has 2 heterocycles. The second-order valence-corrected chi connectivity index (χ2v) is 6.83. The molecule has 6 heteroatoms. The number of imide groups is 1. The van der Waals surface area contributed by atoms with Crippen LogP contribution in [0.25, 0.3) is 0 Å². The van der Waals surface area contributed by atoms with Gasteiger partial charge in [-0.15, -0.1) is 0 Å². The van der Waals surface area contributed by atoms with E-state index in [4.69, 9.17) is 0 Å². The molecule has 0 bridgehead atoms. The quantitative estimate of drug-likeness (QED) is 0.683. The summed E-state index contributed by atoms with van der Waals surface area (Å²) >= 11 is 0. The first-order chi connectivity index (χ1) is 14.1. The highest BCUT2D eigenvalue weighted by atomic mass is 16.2. The van der Waals surface area contributed by atoms with Crippen molar-refractivity contribution in [1.29, 1.82) is 0 Å². The lowest BCUT2D eigenvalue weighted by Crippen LogP contribution is -2.32. The van der Waals surface area contributed by atoms with Crippen LogP contribution in [-0.2, 0) is 6.54 Å². The maximum absolute atomic E-state index is 12.9. The van der Waals surface area contributed by atoms with Crippen molar-refractivity contribution in [3.8, 4) is 0 Å². The summed E-state index contributed by atoms with van der Waals surface area (Å²) in [5, 5.41) is 2.78. The standard InChI is InChI=1S/C23H19N3O3/c1-15(16-7-3-2-4-8-16)26-22(28)19-11-10-17(13-20(19)23(26)29)21(27)25-14-18-9-5-6-12-24-18/h2-13,15H,14H2,1H3,(H,25,27). The van der Waals surface area contributed by atoms with E-state index in [1.807, 2.05) is 49.4 Å². The molecule has 1 N–H and O–H groups in total. The summed E-state index contributed by atoms with van der Waals surface area (Å²) in [6.45, 7) is 2.10. The first-order valence-electron chi connectivity index (χ1n) is 9.31. The lowest BCUT2D eigenvalue weighted by Gasteiger charge is -2.22. The van der Waals surface area contributed by atoms with Crippen LogP contribution in [0.5, 0.6) is 0 Å². The molecule has 29 heavy (non-hydrogen) atoms. The van der Waals surface area contributed by atoms with Crippen molar-refractivity contribution in [1.82, 2.24) is 15.2 Å². The van der Waals surface area contributed by atoms with Gasteiger partial charge in [-0.2, -0.15) is 0 Å². The molecular formula is C23H19N3O3. The van der Waals surface area contributed by atoms with Crippen molar-refractivity contribution < 1.29 is 14.4 Å². The molecular weight excluding hydrogens is 366 g/mol. The van der Waals surface area contributed by atoms with Crippen molar-refractivity contribution in [2.45, 2.75) is 19.5 Å². The van der Waals surface area contributed by atoms with E-state index in [0.29, 0.717) is 11.1 Å². The van der Waals surface area contributed by atoms with Gasteiger partial charge in [0.1, 0.15) is 0 Å². The molecule has 6 nitrogen and oxygen atoms in total. The van der Waals surface area contributed by atoms with E-state index < -0.39 is 6.04 Å². The number of aromatic nitrogens is 1. The molecule has 4 rings (SSSR count). The fourth-order valence-corrected chi connectivity index (χ4v) is 3.41. The van der Waals surface area contributed by atoms with E-state index in [1.54, 1.807) is 24.4 Å². The Labute approximate surface area is 168 Å². The molecule has 2 aromatic carbocycles. The number of amides is 3. The Morgan fingerprint density at radius 1 is 0.966 bits per heavy atom. The van der Waals surface area contributed by atoms with Gasteiger partial charge in [0.15, 0.2) is 0 Å². The Hall–Kier alpha value is -3.80. The molecule has 3 amide bonds. The summed E-state index contributed by atoms with van der Waals surface area (Å²) in [4.78, 5) is 43.7. The Morgan fingerprint density at radius 2 is 1.69 bits per heavy atom. The average Bonchev–Trinajstić information content (AvgIpc) is 3.02. The minimum atomic E-state index is -0.398. The number of hydrogen-bond acceptors (Lipinski definition) is 4. The zero-order chi connectivity index (χ0) is 20.4. The monoisotopic (exact) mass is 385 g/mol. The SMILES string of the molecule is CC(c1ccccc1)N1C(=O)c2ccc(C(=O)NCc3ccccn3)cc2C1=O. The largest absolute Gasteiger partial charge is 0.346 e. The van der Waals surface area contributed by atoms with Crippen molar-refractivity contribution in [2.24, 2.45) is 0 Å². The number of benzene rings is 2. The number of hydrogen-bond donors (Lipinski definition) is 1. The fourth-order valence-electron chi connectivity index (χ4n) is 3.41. The van der Waals surface area contributed by atoms with Crippen molar-refractivity contribution in [3.05, 3.63) is 101 Å². The van der Waals surface area contributed by atoms with Crippen LogP contribution < -0.4 is 5.32 Å². The zero-order valence-electron chi connectivity index (χ0n) is 15.8. The summed E-state index contributed by atoms with van der Waals surface area (Å²) < 4.78 is 0. The summed E-state index contributed by atoms with van der Waals surface area (Å²) in [5.74, 6) is -1.06. The smallest absolute Gasteiger partial charge is 0.262 e. The third-order valence-corrected chi connectivity index (χ3v) is 5.01. The summed E-state index contributed by atoms with van der Waals surface area (Å²) in [6, 6.07) is 19.0. The normalized spacial score (nSPS) is 13.9. The van der Waals surface area contributed by atoms with Gasteiger partial charge in [0, 0.05) is 11.8 Å². The molecule has 1 aliphatic rings. The van der Waals surface area contributed by atoms with E-state index in [-0.39, 0.29) is 29.8 Å². The molecule has 1 unspecified atom stereocenters. The number of rotatable bonds is 5. The third-order valence-electron chi connectivity index (χ3n) is 5.01. The van der Waals surface area contributed by atoms with Crippen LogP contribution >= 0.6 is 0 Å². The van der Waals surface area contributed by atoms with Gasteiger partial charge in [-0.1, -0.05) is 36.4 Å². The fraction of sp³-hybridized carbons (Fsp3) is 0.130. The van der Waals surface area contributed by atoms with Gasteiger partial charge >= 0.3 is 0 Å².